The highest BCUT2D eigenvalue weighted by Gasteiger charge is 2.20. The predicted molar refractivity (Wildman–Crippen MR) is 91.1 cm³/mol. The number of aromatic nitrogens is 3. The van der Waals surface area contributed by atoms with Gasteiger partial charge >= 0.3 is 0 Å². The van der Waals surface area contributed by atoms with Crippen molar-refractivity contribution in [2.45, 2.75) is 57.9 Å². The topological polar surface area (TPSA) is 59.6 Å². The third kappa shape index (κ3) is 2.74. The summed E-state index contributed by atoms with van der Waals surface area (Å²) in [6, 6.07) is 0. The van der Waals surface area contributed by atoms with Crippen LogP contribution in [0.4, 0.5) is 0 Å². The van der Waals surface area contributed by atoms with Crippen LogP contribution in [0.5, 0.6) is 0 Å². The lowest BCUT2D eigenvalue weighted by atomic mass is 9.97. The molecule has 0 aromatic carbocycles. The van der Waals surface area contributed by atoms with Gasteiger partial charge in [0.2, 0.25) is 5.91 Å². The molecule has 2 aliphatic rings. The van der Waals surface area contributed by atoms with Gasteiger partial charge in [-0.2, -0.15) is 5.10 Å². The van der Waals surface area contributed by atoms with Gasteiger partial charge in [-0.25, -0.2) is 4.52 Å². The van der Waals surface area contributed by atoms with E-state index in [2.05, 4.69) is 5.10 Å². The van der Waals surface area contributed by atoms with Crippen LogP contribution >= 0.6 is 0 Å². The van der Waals surface area contributed by atoms with Gasteiger partial charge in [0.15, 0.2) is 0 Å². The fourth-order valence-electron chi connectivity index (χ4n) is 3.95. The third-order valence-corrected chi connectivity index (χ3v) is 5.31. The van der Waals surface area contributed by atoms with Gasteiger partial charge in [-0.1, -0.05) is 0 Å². The Morgan fingerprint density at radius 3 is 2.67 bits per heavy atom. The summed E-state index contributed by atoms with van der Waals surface area (Å²) >= 11 is 0. The SMILES string of the molecule is O=C(CCn1ccn2nc3c(c2c1=O)CCCC3)N1CCCCC1. The Morgan fingerprint density at radius 1 is 1.04 bits per heavy atom. The summed E-state index contributed by atoms with van der Waals surface area (Å²) in [5.74, 6) is 0.164. The van der Waals surface area contributed by atoms with Crippen LogP contribution in [-0.4, -0.2) is 38.1 Å². The Kier molecular flexibility index (Phi) is 4.12. The summed E-state index contributed by atoms with van der Waals surface area (Å²) < 4.78 is 3.40. The second kappa shape index (κ2) is 6.42. The molecular weight excluding hydrogens is 304 g/mol. The lowest BCUT2D eigenvalue weighted by molar-refractivity contribution is -0.132. The molecular formula is C18H24N4O2. The minimum Gasteiger partial charge on any atom is -0.343 e. The van der Waals surface area contributed by atoms with Gasteiger partial charge in [0.1, 0.15) is 5.52 Å². The highest BCUT2D eigenvalue weighted by atomic mass is 16.2. The third-order valence-electron chi connectivity index (χ3n) is 5.31. The second-order valence-corrected chi connectivity index (χ2v) is 6.91. The van der Waals surface area contributed by atoms with Crippen LogP contribution in [-0.2, 0) is 24.2 Å². The van der Waals surface area contributed by atoms with Crippen LogP contribution in [0.1, 0.15) is 49.8 Å². The molecule has 128 valence electrons. The van der Waals surface area contributed by atoms with E-state index in [9.17, 15) is 9.59 Å². The Bertz CT molecular complexity index is 814. The molecule has 4 rings (SSSR count). The van der Waals surface area contributed by atoms with E-state index in [1.54, 1.807) is 15.3 Å². The molecule has 1 amide bonds. The molecule has 0 bridgehead atoms. The number of aryl methyl sites for hydroxylation is 3. The van der Waals surface area contributed by atoms with E-state index in [0.29, 0.717) is 18.5 Å². The Balaban J connectivity index is 1.55. The van der Waals surface area contributed by atoms with Gasteiger partial charge in [0.25, 0.3) is 5.56 Å². The minimum absolute atomic E-state index is 0.0143. The molecule has 6 nitrogen and oxygen atoms in total. The quantitative estimate of drug-likeness (QED) is 0.863. The Morgan fingerprint density at radius 2 is 1.83 bits per heavy atom. The molecule has 0 N–H and O–H groups in total. The summed E-state index contributed by atoms with van der Waals surface area (Å²) in [5, 5.41) is 4.55. The largest absolute Gasteiger partial charge is 0.343 e. The van der Waals surface area contributed by atoms with Gasteiger partial charge in [-0.3, -0.25) is 9.59 Å². The molecule has 2 aromatic rings. The van der Waals surface area contributed by atoms with Gasteiger partial charge in [-0.05, 0) is 44.9 Å². The lowest BCUT2D eigenvalue weighted by Gasteiger charge is -2.26. The molecule has 1 saturated heterocycles. The maximum atomic E-state index is 12.8. The number of amides is 1. The van der Waals surface area contributed by atoms with Crippen LogP contribution in [0.25, 0.3) is 5.52 Å². The molecule has 6 heteroatoms. The zero-order valence-corrected chi connectivity index (χ0v) is 14.0. The Hall–Kier alpha value is -2.11. The summed E-state index contributed by atoms with van der Waals surface area (Å²) in [7, 11) is 0. The van der Waals surface area contributed by atoms with E-state index < -0.39 is 0 Å². The van der Waals surface area contributed by atoms with Gasteiger partial charge < -0.3 is 9.47 Å². The maximum absolute atomic E-state index is 12.8. The zero-order valence-electron chi connectivity index (χ0n) is 14.0. The zero-order chi connectivity index (χ0) is 16.5. The average molecular weight is 328 g/mol. The van der Waals surface area contributed by atoms with Gasteiger partial charge in [-0.15, -0.1) is 0 Å². The van der Waals surface area contributed by atoms with Crippen molar-refractivity contribution >= 4 is 11.4 Å². The first-order valence-electron chi connectivity index (χ1n) is 9.11. The number of carbonyl (C=O) groups is 1. The van der Waals surface area contributed by atoms with Crippen molar-refractivity contribution in [2.75, 3.05) is 13.1 Å². The number of carbonyl (C=O) groups excluding carboxylic acids is 1. The van der Waals surface area contributed by atoms with Crippen molar-refractivity contribution in [1.29, 1.82) is 0 Å². The number of nitrogens with zero attached hydrogens (tertiary/aromatic N) is 4. The Labute approximate surface area is 141 Å². The summed E-state index contributed by atoms with van der Waals surface area (Å²) in [6.07, 6.45) is 11.6. The molecule has 1 fully saturated rings. The van der Waals surface area contributed by atoms with E-state index in [-0.39, 0.29) is 11.5 Å². The summed E-state index contributed by atoms with van der Waals surface area (Å²) in [5.41, 5.74) is 2.88. The molecule has 24 heavy (non-hydrogen) atoms. The van der Waals surface area contributed by atoms with Crippen molar-refractivity contribution < 1.29 is 4.79 Å². The second-order valence-electron chi connectivity index (χ2n) is 6.91. The van der Waals surface area contributed by atoms with Crippen LogP contribution in [0.15, 0.2) is 17.2 Å². The number of piperidine rings is 1. The molecule has 0 spiro atoms. The highest BCUT2D eigenvalue weighted by Crippen LogP contribution is 2.22. The van der Waals surface area contributed by atoms with E-state index >= 15 is 0 Å². The first-order chi connectivity index (χ1) is 11.7. The number of fused-ring (bicyclic) bond motifs is 3. The van der Waals surface area contributed by atoms with E-state index in [1.807, 2.05) is 11.1 Å². The predicted octanol–water partition coefficient (Wildman–Crippen LogP) is 1.78. The fraction of sp³-hybridized carbons (Fsp3) is 0.611. The normalized spacial score (nSPS) is 17.9. The molecule has 0 unspecified atom stereocenters. The number of rotatable bonds is 3. The van der Waals surface area contributed by atoms with Crippen molar-refractivity contribution in [1.82, 2.24) is 19.1 Å². The number of hydrogen-bond acceptors (Lipinski definition) is 3. The molecule has 0 atom stereocenters. The molecule has 1 aliphatic carbocycles. The smallest absolute Gasteiger partial charge is 0.276 e. The van der Waals surface area contributed by atoms with Crippen LogP contribution in [0.3, 0.4) is 0 Å². The molecule has 1 aliphatic heterocycles. The van der Waals surface area contributed by atoms with Crippen molar-refractivity contribution in [3.05, 3.63) is 34.0 Å². The van der Waals surface area contributed by atoms with Crippen LogP contribution < -0.4 is 5.56 Å². The first kappa shape index (κ1) is 15.4. The standard InChI is InChI=1S/C18H24N4O2/c23-16(20-9-4-1-5-10-20)8-11-21-12-13-22-17(18(21)24)14-6-2-3-7-15(14)19-22/h12-13H,1-11H2. The van der Waals surface area contributed by atoms with Crippen molar-refractivity contribution in [3.63, 3.8) is 0 Å². The van der Waals surface area contributed by atoms with Crippen molar-refractivity contribution in [2.24, 2.45) is 0 Å². The van der Waals surface area contributed by atoms with Gasteiger partial charge in [0, 0.05) is 44.0 Å². The highest BCUT2D eigenvalue weighted by molar-refractivity contribution is 5.76. The fourth-order valence-corrected chi connectivity index (χ4v) is 3.95. The van der Waals surface area contributed by atoms with E-state index in [4.69, 9.17) is 0 Å². The monoisotopic (exact) mass is 328 g/mol. The average Bonchev–Trinajstić information content (AvgIpc) is 3.01. The minimum atomic E-state index is -0.0143. The summed E-state index contributed by atoms with van der Waals surface area (Å²) in [4.78, 5) is 27.1. The summed E-state index contributed by atoms with van der Waals surface area (Å²) in [6.45, 7) is 2.18. The lowest BCUT2D eigenvalue weighted by Crippen LogP contribution is -2.36. The van der Waals surface area contributed by atoms with E-state index in [0.717, 1.165) is 62.9 Å². The van der Waals surface area contributed by atoms with E-state index in [1.165, 1.54) is 6.42 Å². The van der Waals surface area contributed by atoms with Gasteiger partial charge in [0.05, 0.1) is 5.69 Å². The first-order valence-corrected chi connectivity index (χ1v) is 9.11. The number of likely N-dealkylation sites (tertiary alicyclic amines) is 1. The van der Waals surface area contributed by atoms with Crippen LogP contribution in [0.2, 0.25) is 0 Å². The van der Waals surface area contributed by atoms with Crippen LogP contribution in [0, 0.1) is 0 Å². The molecule has 3 heterocycles. The molecule has 0 radical (unpaired) electrons. The van der Waals surface area contributed by atoms with Crippen molar-refractivity contribution in [3.8, 4) is 0 Å². The molecule has 2 aromatic heterocycles. The maximum Gasteiger partial charge on any atom is 0.276 e. The number of hydrogen-bond donors (Lipinski definition) is 0. The molecule has 0 saturated carbocycles.